The van der Waals surface area contributed by atoms with Crippen molar-refractivity contribution in [3.8, 4) is 5.75 Å². The Morgan fingerprint density at radius 2 is 1.72 bits per heavy atom. The number of rotatable bonds is 7. The molecule has 0 N–H and O–H groups in total. The van der Waals surface area contributed by atoms with Gasteiger partial charge in [-0.3, -0.25) is 4.79 Å². The number of ether oxygens (including phenoxy) is 1. The van der Waals surface area contributed by atoms with E-state index in [0.29, 0.717) is 17.5 Å². The van der Waals surface area contributed by atoms with Gasteiger partial charge in [-0.1, -0.05) is 36.4 Å². The van der Waals surface area contributed by atoms with E-state index in [-0.39, 0.29) is 17.4 Å². The van der Waals surface area contributed by atoms with Crippen LogP contribution in [0.25, 0.3) is 0 Å². The molecule has 1 atom stereocenters. The van der Waals surface area contributed by atoms with Crippen LogP contribution in [-0.2, 0) is 6.42 Å². The molecule has 2 nitrogen and oxygen atoms in total. The first-order valence-corrected chi connectivity index (χ1v) is 9.50. The molecule has 0 bridgehead atoms. The Labute approximate surface area is 167 Å². The third kappa shape index (κ3) is 4.67. The van der Waals surface area contributed by atoms with Gasteiger partial charge in [0.1, 0.15) is 5.82 Å². The van der Waals surface area contributed by atoms with Crippen LogP contribution in [0, 0.1) is 11.6 Å². The maximum atomic E-state index is 14.2. The Morgan fingerprint density at radius 3 is 2.41 bits per heavy atom. The van der Waals surface area contributed by atoms with Gasteiger partial charge in [0.2, 0.25) is 0 Å². The fourth-order valence-corrected chi connectivity index (χ4v) is 3.40. The van der Waals surface area contributed by atoms with Crippen molar-refractivity contribution >= 4 is 6.04 Å². The van der Waals surface area contributed by atoms with Crippen LogP contribution in [0.1, 0.15) is 45.8 Å². The van der Waals surface area contributed by atoms with E-state index >= 15 is 0 Å². The van der Waals surface area contributed by atoms with E-state index in [2.05, 4.69) is 0 Å². The number of halogens is 3. The van der Waals surface area contributed by atoms with Crippen LogP contribution < -0.4 is 4.74 Å². The largest absolute Gasteiger partial charge is 0.487 e. The molecule has 4 rings (SSSR count). The molecule has 0 unspecified atom stereocenters. The second-order valence-electron chi connectivity index (χ2n) is 7.30. The van der Waals surface area contributed by atoms with Crippen LogP contribution in [0.4, 0.5) is 13.2 Å². The zero-order valence-corrected chi connectivity index (χ0v) is 15.6. The molecule has 1 fully saturated rings. The van der Waals surface area contributed by atoms with Crippen molar-refractivity contribution in [2.24, 2.45) is 0 Å². The van der Waals surface area contributed by atoms with Gasteiger partial charge in [0.25, 0.3) is 0 Å². The summed E-state index contributed by atoms with van der Waals surface area (Å²) in [7, 11) is 0. The van der Waals surface area contributed by atoms with Crippen LogP contribution in [0.15, 0.2) is 66.7 Å². The Morgan fingerprint density at radius 1 is 0.966 bits per heavy atom. The summed E-state index contributed by atoms with van der Waals surface area (Å²) in [5.41, 5.74) is 1.78. The van der Waals surface area contributed by atoms with Gasteiger partial charge in [0.05, 0.1) is 11.7 Å². The molecular formula is C24H19F3O2. The fourth-order valence-electron chi connectivity index (χ4n) is 3.40. The second-order valence-corrected chi connectivity index (χ2v) is 7.30. The lowest BCUT2D eigenvalue weighted by Gasteiger charge is -2.20. The summed E-state index contributed by atoms with van der Waals surface area (Å²) in [6, 6.07) is 15.9. The Kier molecular flexibility index (Phi) is 5.38. The van der Waals surface area contributed by atoms with Gasteiger partial charge in [-0.2, -0.15) is 4.39 Å². The fraction of sp³-hybridized carbons (Fsp3) is 0.208. The molecule has 148 valence electrons. The monoisotopic (exact) mass is 396 g/mol. The number of carbonyl (C=O) groups excluding carboxylic acids is 1. The highest BCUT2D eigenvalue weighted by atomic mass is 19.1. The Balaban J connectivity index is 1.77. The molecule has 0 aromatic heterocycles. The van der Waals surface area contributed by atoms with E-state index in [9.17, 15) is 18.0 Å². The molecule has 0 heterocycles. The number of benzene rings is 3. The molecule has 5 heteroatoms. The van der Waals surface area contributed by atoms with E-state index in [1.54, 1.807) is 12.1 Å². The zero-order valence-electron chi connectivity index (χ0n) is 15.6. The molecule has 0 radical (unpaired) electrons. The van der Waals surface area contributed by atoms with Gasteiger partial charge >= 0.3 is 6.04 Å². The zero-order chi connectivity index (χ0) is 20.4. The van der Waals surface area contributed by atoms with Crippen molar-refractivity contribution in [1.82, 2.24) is 0 Å². The highest BCUT2D eigenvalue weighted by Crippen LogP contribution is 2.35. The Bertz CT molecular complexity index is 1030. The van der Waals surface area contributed by atoms with Crippen molar-refractivity contribution in [3.05, 3.63) is 101 Å². The van der Waals surface area contributed by atoms with Crippen molar-refractivity contribution in [2.75, 3.05) is 0 Å². The van der Waals surface area contributed by atoms with Crippen molar-refractivity contribution < 1.29 is 22.7 Å². The maximum Gasteiger partial charge on any atom is 0.332 e. The lowest BCUT2D eigenvalue weighted by Crippen LogP contribution is -2.08. The molecule has 29 heavy (non-hydrogen) atoms. The highest BCUT2D eigenvalue weighted by Gasteiger charge is 2.26. The van der Waals surface area contributed by atoms with Gasteiger partial charge in [0.15, 0.2) is 11.6 Å². The average molecular weight is 396 g/mol. The summed E-state index contributed by atoms with van der Waals surface area (Å²) < 4.78 is 47.3. The predicted molar refractivity (Wildman–Crippen MR) is 104 cm³/mol. The summed E-state index contributed by atoms with van der Waals surface area (Å²) in [5.74, 6) is -1.41. The van der Waals surface area contributed by atoms with Crippen LogP contribution in [0.2, 0.25) is 0 Å². The quantitative estimate of drug-likeness (QED) is 0.459. The van der Waals surface area contributed by atoms with Crippen LogP contribution in [-0.4, -0.2) is 12.1 Å². The third-order valence-electron chi connectivity index (χ3n) is 5.01. The standard InChI is InChI=1S/C24H19F3O2/c25-19-12-17(11-18(13-19)24(27)28)21(10-15-4-2-1-3-5-15)16-6-9-22(26)23(14-16)29-20-7-8-20/h1-6,9,11-14,20-21H,7-8,10H2/t21-/m0/s1. The normalized spacial score (nSPS) is 14.4. The number of hydrogen-bond donors (Lipinski definition) is 0. The second kappa shape index (κ2) is 8.11. The summed E-state index contributed by atoms with van der Waals surface area (Å²) in [6.45, 7) is 0. The summed E-state index contributed by atoms with van der Waals surface area (Å²) in [4.78, 5) is 11.2. The molecule has 0 amide bonds. The van der Waals surface area contributed by atoms with Crippen molar-refractivity contribution in [1.29, 1.82) is 0 Å². The summed E-state index contributed by atoms with van der Waals surface area (Å²) in [6.07, 6.45) is 2.28. The Hall–Kier alpha value is -3.08. The van der Waals surface area contributed by atoms with Crippen molar-refractivity contribution in [3.63, 3.8) is 0 Å². The van der Waals surface area contributed by atoms with E-state index < -0.39 is 23.6 Å². The van der Waals surface area contributed by atoms with Gasteiger partial charge in [-0.25, -0.2) is 8.78 Å². The molecule has 1 aliphatic carbocycles. The smallest absolute Gasteiger partial charge is 0.332 e. The summed E-state index contributed by atoms with van der Waals surface area (Å²) >= 11 is 0. The number of hydrogen-bond acceptors (Lipinski definition) is 2. The molecule has 3 aromatic carbocycles. The molecule has 0 aliphatic heterocycles. The lowest BCUT2D eigenvalue weighted by molar-refractivity contribution is 0.0835. The third-order valence-corrected chi connectivity index (χ3v) is 5.01. The maximum absolute atomic E-state index is 14.2. The molecule has 3 aromatic rings. The first-order chi connectivity index (χ1) is 14.0. The highest BCUT2D eigenvalue weighted by molar-refractivity contribution is 5.88. The summed E-state index contributed by atoms with van der Waals surface area (Å²) in [5, 5.41) is 0. The SMILES string of the molecule is O=C(F)c1cc(F)cc([C@@H](Cc2ccccc2)c2ccc(F)c(OC3CC3)c2)c1. The van der Waals surface area contributed by atoms with Crippen LogP contribution in [0.5, 0.6) is 5.75 Å². The van der Waals surface area contributed by atoms with Gasteiger partial charge in [-0.05, 0) is 66.3 Å². The minimum atomic E-state index is -1.69. The van der Waals surface area contributed by atoms with Crippen molar-refractivity contribution in [2.45, 2.75) is 31.3 Å². The molecule has 0 saturated heterocycles. The van der Waals surface area contributed by atoms with E-state index in [1.807, 2.05) is 30.3 Å². The number of carbonyl (C=O) groups is 1. The minimum Gasteiger partial charge on any atom is -0.487 e. The first-order valence-electron chi connectivity index (χ1n) is 9.50. The molecular weight excluding hydrogens is 377 g/mol. The van der Waals surface area contributed by atoms with Gasteiger partial charge < -0.3 is 4.74 Å². The molecule has 1 aliphatic rings. The lowest BCUT2D eigenvalue weighted by atomic mass is 9.85. The van der Waals surface area contributed by atoms with E-state index in [1.165, 1.54) is 18.2 Å². The van der Waals surface area contributed by atoms with Gasteiger partial charge in [0, 0.05) is 5.92 Å². The average Bonchev–Trinajstić information content (AvgIpc) is 3.52. The molecule has 0 spiro atoms. The predicted octanol–water partition coefficient (Wildman–Crippen LogP) is 5.99. The van der Waals surface area contributed by atoms with Crippen LogP contribution >= 0.6 is 0 Å². The minimum absolute atomic E-state index is 0.0252. The van der Waals surface area contributed by atoms with E-state index in [0.717, 1.165) is 24.5 Å². The first kappa shape index (κ1) is 19.2. The van der Waals surface area contributed by atoms with E-state index in [4.69, 9.17) is 4.74 Å². The van der Waals surface area contributed by atoms with Crippen LogP contribution in [0.3, 0.4) is 0 Å². The molecule has 1 saturated carbocycles. The topological polar surface area (TPSA) is 26.3 Å². The van der Waals surface area contributed by atoms with Gasteiger partial charge in [-0.15, -0.1) is 0 Å².